The fourth-order valence-corrected chi connectivity index (χ4v) is 21.9. The smallest absolute Gasteiger partial charge is 0.164 e. The highest BCUT2D eigenvalue weighted by molar-refractivity contribution is 6.16. The molecule has 149 heavy (non-hydrogen) atoms. The van der Waals surface area contributed by atoms with Gasteiger partial charge < -0.3 is 27.4 Å². The zero-order valence-corrected chi connectivity index (χ0v) is 83.3. The third-order valence-electron chi connectivity index (χ3n) is 28.8. The van der Waals surface area contributed by atoms with Crippen LogP contribution in [0.2, 0.25) is 0 Å². The van der Waals surface area contributed by atoms with Crippen molar-refractivity contribution in [3.05, 3.63) is 562 Å². The summed E-state index contributed by atoms with van der Waals surface area (Å²) in [6.07, 6.45) is 0. The summed E-state index contributed by atoms with van der Waals surface area (Å²) in [4.78, 5) is 14.7. The molecule has 7 heterocycles. The molecule has 0 N–H and O–H groups in total. The monoisotopic (exact) mass is 1910 g/mol. The van der Waals surface area contributed by atoms with Crippen LogP contribution in [0.15, 0.2) is 534 Å². The van der Waals surface area contributed by atoms with E-state index in [9.17, 15) is 0 Å². The van der Waals surface area contributed by atoms with Crippen molar-refractivity contribution in [1.29, 1.82) is 0 Å². The molecule has 0 spiro atoms. The summed E-state index contributed by atoms with van der Waals surface area (Å²) in [5.74, 6) is 1.99. The number of hydrogen-bond donors (Lipinski definition) is 0. The Morgan fingerprint density at radius 2 is 0.329 bits per heavy atom. The summed E-state index contributed by atoms with van der Waals surface area (Å²) >= 11 is 0. The zero-order chi connectivity index (χ0) is 99.9. The molecule has 0 unspecified atom stereocenters. The summed E-state index contributed by atoms with van der Waals surface area (Å²) in [5.41, 5.74) is 38.6. The minimum absolute atomic E-state index is 0.660. The van der Waals surface area contributed by atoms with Gasteiger partial charge in [0.25, 0.3) is 0 Å². The van der Waals surface area contributed by atoms with E-state index in [1.165, 1.54) is 215 Å². The summed E-state index contributed by atoms with van der Waals surface area (Å²) in [5, 5.41) is 15.3. The average molecular weight is 1910 g/mol. The first kappa shape index (κ1) is 90.9. The minimum Gasteiger partial charge on any atom is -0.309 e. The van der Waals surface area contributed by atoms with Crippen LogP contribution < -0.4 is 0 Å². The Labute approximate surface area is 865 Å². The van der Waals surface area contributed by atoms with Gasteiger partial charge >= 0.3 is 0 Å². The van der Waals surface area contributed by atoms with Crippen LogP contribution in [0.5, 0.6) is 0 Å². The molecular weight excluding hydrogens is 1810 g/mol. The van der Waals surface area contributed by atoms with Crippen LogP contribution in [0, 0.1) is 34.6 Å². The van der Waals surface area contributed by atoms with Gasteiger partial charge in [0.1, 0.15) is 0 Å². The fraction of sp³-hybridized carbons (Fsp3) is 0.0357. The van der Waals surface area contributed by atoms with Crippen LogP contribution in [0.1, 0.15) is 27.8 Å². The summed E-state index contributed by atoms with van der Waals surface area (Å²) < 4.78 is 14.2. The highest BCUT2D eigenvalue weighted by Gasteiger charge is 2.23. The molecule has 0 aliphatic rings. The summed E-state index contributed by atoms with van der Waals surface area (Å²) in [6, 6.07) is 190. The largest absolute Gasteiger partial charge is 0.309 e. The number of nitrogens with zero attached hydrogens (tertiary/aromatic N) is 9. The molecule has 708 valence electrons. The molecular formula is C140H103N9. The van der Waals surface area contributed by atoms with Crippen LogP contribution in [0.3, 0.4) is 0 Å². The van der Waals surface area contributed by atoms with Gasteiger partial charge in [-0.3, -0.25) is 0 Å². The standard InChI is InChI=1S/C34H24N4.C31H22N2.C31H23N.C25H19N.C19H15N/c1-23-17-19-30-28(21-23)29-22-26(18-20-31(29)38(30)27-15-9-4-10-16-27)34-36-32(24-11-5-2-6-12-24)35-33(37-34)25-13-7-3-8-14-25;1-21-18-22(32-28-14-6-2-10-24(28)25-11-3-7-15-29(25)32)20-23(19-21)33-30-16-8-4-12-26(30)27-13-5-9-17-31(27)33;1-22-8-7-11-25(20-22)26-16-19-31-29(21-26)28-12-5-6-13-30(28)32(31)27-17-14-24(15-18-27)23-9-3-2-4-10-23;1-18-8-7-9-19(16-18)20-14-15-25-23(17-20)22-12-5-6-13-24(22)26(25)21-10-3-2-4-11-21;1-14-10-12-15(13-11-14)20-18-8-4-2-6-16(18)17-7-3-5-9-19(17)20/h2-22H,1H3;2-20H,1H3;2-21H,1H3;2-17H,1H3;2-13H,1H3. The molecule has 0 saturated heterocycles. The van der Waals surface area contributed by atoms with Crippen LogP contribution in [-0.2, 0) is 0 Å². The van der Waals surface area contributed by atoms with Gasteiger partial charge in [0.05, 0.1) is 66.2 Å². The molecule has 0 amide bonds. The zero-order valence-electron chi connectivity index (χ0n) is 83.3. The van der Waals surface area contributed by atoms with Gasteiger partial charge in [0.2, 0.25) is 0 Å². The molecule has 29 rings (SSSR count). The van der Waals surface area contributed by atoms with Crippen LogP contribution in [0.4, 0.5) is 0 Å². The second-order valence-electron chi connectivity index (χ2n) is 38.6. The van der Waals surface area contributed by atoms with E-state index in [0.717, 1.165) is 27.9 Å². The van der Waals surface area contributed by atoms with Gasteiger partial charge in [-0.25, -0.2) is 15.0 Å². The number of hydrogen-bond acceptors (Lipinski definition) is 3. The highest BCUT2D eigenvalue weighted by atomic mass is 15.1. The average Bonchev–Trinajstić information content (AvgIpc) is 1.59. The molecule has 0 saturated carbocycles. The van der Waals surface area contributed by atoms with Crippen molar-refractivity contribution < 1.29 is 0 Å². The summed E-state index contributed by atoms with van der Waals surface area (Å²) in [6.45, 7) is 10.7. The maximum Gasteiger partial charge on any atom is 0.164 e. The molecule has 0 fully saturated rings. The number of fused-ring (bicyclic) bond motifs is 18. The first-order valence-corrected chi connectivity index (χ1v) is 51.0. The number of aryl methyl sites for hydroxylation is 5. The Balaban J connectivity index is 0.0000000979. The van der Waals surface area contributed by atoms with Gasteiger partial charge in [-0.15, -0.1) is 0 Å². The molecule has 22 aromatic carbocycles. The second-order valence-corrected chi connectivity index (χ2v) is 38.6. The topological polar surface area (TPSA) is 68.2 Å². The van der Waals surface area contributed by atoms with Crippen LogP contribution >= 0.6 is 0 Å². The van der Waals surface area contributed by atoms with Crippen molar-refractivity contribution >= 4 is 131 Å². The van der Waals surface area contributed by atoms with Gasteiger partial charge in [-0.2, -0.15) is 0 Å². The lowest BCUT2D eigenvalue weighted by atomic mass is 10.0. The third-order valence-corrected chi connectivity index (χ3v) is 28.8. The highest BCUT2D eigenvalue weighted by Crippen LogP contribution is 2.44. The molecule has 0 atom stereocenters. The van der Waals surface area contributed by atoms with E-state index in [1.54, 1.807) is 0 Å². The summed E-state index contributed by atoms with van der Waals surface area (Å²) in [7, 11) is 0. The van der Waals surface area contributed by atoms with E-state index in [0.29, 0.717) is 17.5 Å². The van der Waals surface area contributed by atoms with Crippen LogP contribution in [0.25, 0.3) is 233 Å². The molecule has 0 aliphatic carbocycles. The Kier molecular flexibility index (Phi) is 24.0. The van der Waals surface area contributed by atoms with E-state index < -0.39 is 0 Å². The van der Waals surface area contributed by atoms with Gasteiger partial charge in [-0.1, -0.05) is 386 Å². The Hall–Kier alpha value is -19.4. The quantitative estimate of drug-likeness (QED) is 0.122. The van der Waals surface area contributed by atoms with E-state index in [2.05, 4.69) is 535 Å². The van der Waals surface area contributed by atoms with Gasteiger partial charge in [-0.05, 0) is 243 Å². The van der Waals surface area contributed by atoms with Crippen molar-refractivity contribution in [2.24, 2.45) is 0 Å². The fourth-order valence-electron chi connectivity index (χ4n) is 21.9. The Morgan fingerprint density at radius 3 is 0.678 bits per heavy atom. The lowest BCUT2D eigenvalue weighted by Gasteiger charge is -2.14. The number of benzene rings is 22. The first-order valence-electron chi connectivity index (χ1n) is 51.0. The lowest BCUT2D eigenvalue weighted by molar-refractivity contribution is 1.07. The number of para-hydroxylation sites is 10. The van der Waals surface area contributed by atoms with Crippen molar-refractivity contribution in [2.75, 3.05) is 0 Å². The van der Waals surface area contributed by atoms with Crippen LogP contribution in [-0.4, -0.2) is 42.4 Å². The maximum atomic E-state index is 4.94. The molecule has 0 aliphatic heterocycles. The van der Waals surface area contributed by atoms with E-state index in [-0.39, 0.29) is 0 Å². The predicted molar refractivity (Wildman–Crippen MR) is 628 cm³/mol. The SMILES string of the molecule is Cc1cc(-n2c3ccccc3c3ccccc32)cc(-n2c3ccccc3c3ccccc32)c1.Cc1ccc(-n2c3ccccc3c3ccccc32)cc1.Cc1ccc2c(c1)c1cc(-c3nc(-c4ccccc4)nc(-c4ccccc4)n3)ccc1n2-c1ccccc1.Cc1cccc(-c2ccc3c(c2)c2ccccc2n3-c2ccc(-c3ccccc3)cc2)c1.Cc1cccc(-c2ccc3c(c2)c2ccccc2n3-c2ccccc2)c1. The van der Waals surface area contributed by atoms with Crippen molar-refractivity contribution in [3.8, 4) is 102 Å². The van der Waals surface area contributed by atoms with Crippen molar-refractivity contribution in [3.63, 3.8) is 0 Å². The van der Waals surface area contributed by atoms with E-state index >= 15 is 0 Å². The Morgan fingerprint density at radius 1 is 0.114 bits per heavy atom. The van der Waals surface area contributed by atoms with Crippen molar-refractivity contribution in [1.82, 2.24) is 42.4 Å². The Bertz CT molecular complexity index is 9720. The first-order chi connectivity index (χ1) is 73.5. The molecule has 9 nitrogen and oxygen atoms in total. The lowest BCUT2D eigenvalue weighted by Crippen LogP contribution is -2.00. The van der Waals surface area contributed by atoms with Gasteiger partial charge in [0.15, 0.2) is 17.5 Å². The molecule has 29 aromatic rings. The third kappa shape index (κ3) is 17.4. The number of rotatable bonds is 12. The van der Waals surface area contributed by atoms with E-state index in [1.807, 2.05) is 60.7 Å². The molecule has 0 bridgehead atoms. The van der Waals surface area contributed by atoms with Gasteiger partial charge in [0, 0.05) is 115 Å². The minimum atomic E-state index is 0.660. The number of aromatic nitrogens is 9. The molecule has 0 radical (unpaired) electrons. The second kappa shape index (κ2) is 39.4. The molecule has 7 aromatic heterocycles. The van der Waals surface area contributed by atoms with E-state index in [4.69, 9.17) is 15.0 Å². The predicted octanol–water partition coefficient (Wildman–Crippen LogP) is 36.7. The van der Waals surface area contributed by atoms with Crippen molar-refractivity contribution in [2.45, 2.75) is 34.6 Å². The molecule has 9 heteroatoms. The normalized spacial score (nSPS) is 11.4. The maximum absolute atomic E-state index is 4.94.